The highest BCUT2D eigenvalue weighted by atomic mass is 35.5. The first-order chi connectivity index (χ1) is 9.17. The number of hydrogen-bond donors (Lipinski definition) is 2. The van der Waals surface area contributed by atoms with Gasteiger partial charge in [-0.2, -0.15) is 12.6 Å². The fraction of sp³-hybridized carbons (Fsp3) is 0.385. The summed E-state index contributed by atoms with van der Waals surface area (Å²) in [5, 5.41) is 3.73. The number of nitrogens with one attached hydrogen (secondary N) is 1. The fourth-order valence-corrected chi connectivity index (χ4v) is 1.79. The number of ether oxygens (including phenoxy) is 1. The molecule has 0 saturated carbocycles. The Bertz CT molecular complexity index is 423. The third kappa shape index (κ3) is 6.09. The maximum absolute atomic E-state index is 11.3. The fourth-order valence-electron chi connectivity index (χ4n) is 1.39. The van der Waals surface area contributed by atoms with Gasteiger partial charge >= 0.3 is 5.97 Å². The van der Waals surface area contributed by atoms with E-state index in [2.05, 4.69) is 27.7 Å². The molecule has 4 nitrogen and oxygen atoms in total. The van der Waals surface area contributed by atoms with Gasteiger partial charge in [0.2, 0.25) is 0 Å². The lowest BCUT2D eigenvalue weighted by atomic mass is 10.2. The zero-order valence-corrected chi connectivity index (χ0v) is 12.3. The normalized spacial score (nSPS) is 12.6. The second-order valence-corrected chi connectivity index (χ2v) is 4.60. The third-order valence-corrected chi connectivity index (χ3v) is 3.03. The van der Waals surface area contributed by atoms with Gasteiger partial charge in [-0.3, -0.25) is 9.79 Å². The molecule has 0 bridgehead atoms. The summed E-state index contributed by atoms with van der Waals surface area (Å²) in [4.78, 5) is 15.5. The summed E-state index contributed by atoms with van der Waals surface area (Å²) in [5.74, 6) is 0.0878. The Morgan fingerprint density at radius 2 is 2.21 bits per heavy atom. The smallest absolute Gasteiger partial charge is 0.323 e. The predicted octanol–water partition coefficient (Wildman–Crippen LogP) is 1.82. The molecule has 1 aromatic carbocycles. The number of nitrogens with zero attached hydrogens (tertiary/aromatic N) is 1. The summed E-state index contributed by atoms with van der Waals surface area (Å²) in [6.45, 7) is 1.16. The summed E-state index contributed by atoms with van der Waals surface area (Å²) >= 11 is 9.87. The van der Waals surface area contributed by atoms with Crippen molar-refractivity contribution >= 4 is 36.4 Å². The van der Waals surface area contributed by atoms with Crippen LogP contribution >= 0.6 is 24.2 Å². The monoisotopic (exact) mass is 300 g/mol. The van der Waals surface area contributed by atoms with E-state index in [1.54, 1.807) is 6.21 Å². The van der Waals surface area contributed by atoms with E-state index in [-0.39, 0.29) is 12.0 Å². The van der Waals surface area contributed by atoms with Crippen LogP contribution in [-0.2, 0) is 9.53 Å². The molecule has 1 N–H and O–H groups in total. The zero-order chi connectivity index (χ0) is 14.1. The molecular formula is C13H17ClN2O2S. The molecule has 0 saturated heterocycles. The van der Waals surface area contributed by atoms with Crippen LogP contribution in [0.4, 0.5) is 0 Å². The zero-order valence-electron chi connectivity index (χ0n) is 10.7. The standard InChI is InChI=1S/C13H17ClN2O2S/c1-18-13(17)12(9-19)16-7-6-15-8-10-2-4-11(14)5-3-10/h2-5,8,12,16,19H,6-7,9H2,1H3/t12-/m0/s1. The molecular weight excluding hydrogens is 284 g/mol. The second-order valence-electron chi connectivity index (χ2n) is 3.80. The Balaban J connectivity index is 2.30. The molecule has 0 unspecified atom stereocenters. The topological polar surface area (TPSA) is 50.7 Å². The van der Waals surface area contributed by atoms with Crippen molar-refractivity contribution in [1.82, 2.24) is 5.32 Å². The Morgan fingerprint density at radius 3 is 2.79 bits per heavy atom. The van der Waals surface area contributed by atoms with E-state index in [1.807, 2.05) is 24.3 Å². The third-order valence-electron chi connectivity index (χ3n) is 2.41. The number of carbonyl (C=O) groups excluding carboxylic acids is 1. The number of hydrogen-bond acceptors (Lipinski definition) is 5. The lowest BCUT2D eigenvalue weighted by molar-refractivity contribution is -0.142. The van der Waals surface area contributed by atoms with Crippen LogP contribution in [-0.4, -0.2) is 44.2 Å². The van der Waals surface area contributed by atoms with Gasteiger partial charge in [0.15, 0.2) is 0 Å². The highest BCUT2D eigenvalue weighted by Crippen LogP contribution is 2.07. The van der Waals surface area contributed by atoms with Crippen molar-refractivity contribution in [2.75, 3.05) is 26.0 Å². The Hall–Kier alpha value is -1.04. The van der Waals surface area contributed by atoms with Gasteiger partial charge in [-0.1, -0.05) is 23.7 Å². The summed E-state index contributed by atoms with van der Waals surface area (Å²) in [7, 11) is 1.36. The summed E-state index contributed by atoms with van der Waals surface area (Å²) < 4.78 is 4.64. The quantitative estimate of drug-likeness (QED) is 0.349. The van der Waals surface area contributed by atoms with Crippen molar-refractivity contribution < 1.29 is 9.53 Å². The first-order valence-electron chi connectivity index (χ1n) is 5.85. The number of rotatable bonds is 7. The molecule has 1 rings (SSSR count). The van der Waals surface area contributed by atoms with Gasteiger partial charge in [0.25, 0.3) is 0 Å². The van der Waals surface area contributed by atoms with Crippen molar-refractivity contribution in [1.29, 1.82) is 0 Å². The highest BCUT2D eigenvalue weighted by Gasteiger charge is 2.15. The number of halogens is 1. The van der Waals surface area contributed by atoms with E-state index < -0.39 is 0 Å². The van der Waals surface area contributed by atoms with Gasteiger partial charge in [-0.15, -0.1) is 0 Å². The molecule has 0 radical (unpaired) electrons. The van der Waals surface area contributed by atoms with E-state index in [9.17, 15) is 4.79 Å². The molecule has 0 amide bonds. The molecule has 0 heterocycles. The van der Waals surface area contributed by atoms with E-state index in [4.69, 9.17) is 11.6 Å². The minimum atomic E-state index is -0.390. The van der Waals surface area contributed by atoms with E-state index >= 15 is 0 Å². The van der Waals surface area contributed by atoms with Gasteiger partial charge in [0.05, 0.1) is 13.7 Å². The molecule has 1 atom stereocenters. The molecule has 104 valence electrons. The van der Waals surface area contributed by atoms with Crippen molar-refractivity contribution in [3.63, 3.8) is 0 Å². The van der Waals surface area contributed by atoms with Crippen LogP contribution in [0.25, 0.3) is 0 Å². The Kier molecular flexibility index (Phi) is 7.55. The van der Waals surface area contributed by atoms with Crippen molar-refractivity contribution in [2.45, 2.75) is 6.04 Å². The number of carbonyl (C=O) groups is 1. The van der Waals surface area contributed by atoms with Crippen LogP contribution in [0.1, 0.15) is 5.56 Å². The van der Waals surface area contributed by atoms with Crippen LogP contribution in [0.2, 0.25) is 5.02 Å². The van der Waals surface area contributed by atoms with E-state index in [0.29, 0.717) is 23.9 Å². The van der Waals surface area contributed by atoms with Crippen LogP contribution < -0.4 is 5.32 Å². The molecule has 6 heteroatoms. The largest absolute Gasteiger partial charge is 0.468 e. The molecule has 1 aromatic rings. The van der Waals surface area contributed by atoms with E-state index in [1.165, 1.54) is 7.11 Å². The molecule has 0 aliphatic carbocycles. The molecule has 0 aromatic heterocycles. The number of thiol groups is 1. The SMILES string of the molecule is COC(=O)[C@H](CS)NCCN=Cc1ccc(Cl)cc1. The first-order valence-corrected chi connectivity index (χ1v) is 6.86. The highest BCUT2D eigenvalue weighted by molar-refractivity contribution is 7.80. The number of esters is 1. The lowest BCUT2D eigenvalue weighted by Crippen LogP contribution is -2.40. The van der Waals surface area contributed by atoms with Gasteiger partial charge in [-0.05, 0) is 17.7 Å². The molecule has 0 aliphatic heterocycles. The van der Waals surface area contributed by atoms with Gasteiger partial charge < -0.3 is 10.1 Å². The minimum absolute atomic E-state index is 0.309. The summed E-state index contributed by atoms with van der Waals surface area (Å²) in [5.41, 5.74) is 0.989. The number of methoxy groups -OCH3 is 1. The summed E-state index contributed by atoms with van der Waals surface area (Å²) in [6.07, 6.45) is 1.77. The average molecular weight is 301 g/mol. The first kappa shape index (κ1) is 16.0. The maximum atomic E-state index is 11.3. The Labute approximate surface area is 123 Å². The van der Waals surface area contributed by atoms with Crippen molar-refractivity contribution in [3.8, 4) is 0 Å². The van der Waals surface area contributed by atoms with Crippen LogP contribution in [0.15, 0.2) is 29.3 Å². The average Bonchev–Trinajstić information content (AvgIpc) is 2.44. The van der Waals surface area contributed by atoms with Crippen LogP contribution in [0.3, 0.4) is 0 Å². The molecule has 0 spiro atoms. The van der Waals surface area contributed by atoms with Gasteiger partial charge in [-0.25, -0.2) is 0 Å². The number of benzene rings is 1. The minimum Gasteiger partial charge on any atom is -0.468 e. The maximum Gasteiger partial charge on any atom is 0.323 e. The summed E-state index contributed by atoms with van der Waals surface area (Å²) in [6, 6.07) is 7.03. The Morgan fingerprint density at radius 1 is 1.53 bits per heavy atom. The van der Waals surface area contributed by atoms with Crippen LogP contribution in [0.5, 0.6) is 0 Å². The second kappa shape index (κ2) is 8.96. The van der Waals surface area contributed by atoms with Gasteiger partial charge in [0, 0.05) is 23.5 Å². The molecule has 0 fully saturated rings. The van der Waals surface area contributed by atoms with Crippen molar-refractivity contribution in [3.05, 3.63) is 34.9 Å². The van der Waals surface area contributed by atoms with Crippen molar-refractivity contribution in [2.24, 2.45) is 4.99 Å². The number of aliphatic imine (C=N–C) groups is 1. The predicted molar refractivity (Wildman–Crippen MR) is 81.6 cm³/mol. The van der Waals surface area contributed by atoms with Gasteiger partial charge in [0.1, 0.15) is 6.04 Å². The lowest BCUT2D eigenvalue weighted by Gasteiger charge is -2.12. The van der Waals surface area contributed by atoms with E-state index in [0.717, 1.165) is 5.56 Å². The molecule has 19 heavy (non-hydrogen) atoms. The molecule has 0 aliphatic rings. The van der Waals surface area contributed by atoms with Crippen LogP contribution in [0, 0.1) is 0 Å².